The first kappa shape index (κ1) is 15.9. The fourth-order valence-electron chi connectivity index (χ4n) is 2.89. The number of anilines is 1. The number of likely N-dealkylation sites (N-methyl/N-ethyl adjacent to an activating group) is 1. The van der Waals surface area contributed by atoms with Gasteiger partial charge in [-0.2, -0.15) is 0 Å². The zero-order chi connectivity index (χ0) is 15.2. The summed E-state index contributed by atoms with van der Waals surface area (Å²) in [6.07, 6.45) is 6.33. The van der Waals surface area contributed by atoms with Crippen molar-refractivity contribution in [3.05, 3.63) is 29.8 Å². The third-order valence-corrected chi connectivity index (χ3v) is 3.91. The van der Waals surface area contributed by atoms with Crippen LogP contribution in [0.15, 0.2) is 18.2 Å². The van der Waals surface area contributed by atoms with Gasteiger partial charge in [0.1, 0.15) is 0 Å². The molecule has 1 aliphatic rings. The lowest BCUT2D eigenvalue weighted by atomic mass is 9.89. The molecule has 0 radical (unpaired) electrons. The van der Waals surface area contributed by atoms with E-state index in [0.717, 1.165) is 18.7 Å². The summed E-state index contributed by atoms with van der Waals surface area (Å²) in [6.45, 7) is 1.17. The molecule has 21 heavy (non-hydrogen) atoms. The Morgan fingerprint density at radius 1 is 1.24 bits per heavy atom. The zero-order valence-electron chi connectivity index (χ0n) is 12.4. The van der Waals surface area contributed by atoms with Crippen LogP contribution in [0.2, 0.25) is 0 Å². The van der Waals surface area contributed by atoms with Crippen LogP contribution < -0.4 is 5.32 Å². The third kappa shape index (κ3) is 5.08. The fourth-order valence-corrected chi connectivity index (χ4v) is 2.89. The number of hydrogen-bond donors (Lipinski definition) is 1. The highest BCUT2D eigenvalue weighted by Crippen LogP contribution is 2.24. The Balaban J connectivity index is 1.78. The summed E-state index contributed by atoms with van der Waals surface area (Å²) in [4.78, 5) is 13.9. The number of benzene rings is 1. The largest absolute Gasteiger partial charge is 0.325 e. The van der Waals surface area contributed by atoms with Crippen LogP contribution in [0.4, 0.5) is 14.5 Å². The Morgan fingerprint density at radius 3 is 2.62 bits per heavy atom. The highest BCUT2D eigenvalue weighted by Gasteiger charge is 2.17. The van der Waals surface area contributed by atoms with Crippen LogP contribution in [0.25, 0.3) is 0 Å². The summed E-state index contributed by atoms with van der Waals surface area (Å²) >= 11 is 0. The summed E-state index contributed by atoms with van der Waals surface area (Å²) in [7, 11) is 1.92. The van der Waals surface area contributed by atoms with Gasteiger partial charge in [0.15, 0.2) is 11.6 Å². The molecule has 0 saturated heterocycles. The topological polar surface area (TPSA) is 32.3 Å². The maximum Gasteiger partial charge on any atom is 0.238 e. The summed E-state index contributed by atoms with van der Waals surface area (Å²) in [5, 5.41) is 2.59. The standard InChI is InChI=1S/C16H22F2N2O/c1-20(10-12-5-3-2-4-6-12)11-16(21)19-13-7-8-14(17)15(18)9-13/h7-9,12H,2-6,10-11H2,1H3,(H,19,21). The van der Waals surface area contributed by atoms with Crippen LogP contribution in [0.5, 0.6) is 0 Å². The van der Waals surface area contributed by atoms with Gasteiger partial charge in [0.05, 0.1) is 6.54 Å². The number of carbonyl (C=O) groups excluding carboxylic acids is 1. The Labute approximate surface area is 124 Å². The molecule has 1 fully saturated rings. The molecule has 1 aromatic rings. The minimum Gasteiger partial charge on any atom is -0.325 e. The number of carbonyl (C=O) groups is 1. The predicted octanol–water partition coefficient (Wildman–Crippen LogP) is 3.42. The number of halogens is 2. The third-order valence-electron chi connectivity index (χ3n) is 3.91. The molecule has 2 rings (SSSR count). The molecule has 1 aliphatic carbocycles. The molecule has 0 unspecified atom stereocenters. The number of nitrogens with zero attached hydrogens (tertiary/aromatic N) is 1. The van der Waals surface area contributed by atoms with E-state index in [0.29, 0.717) is 5.92 Å². The lowest BCUT2D eigenvalue weighted by Crippen LogP contribution is -2.34. The number of nitrogens with one attached hydrogen (secondary N) is 1. The molecule has 1 amide bonds. The Morgan fingerprint density at radius 2 is 1.95 bits per heavy atom. The highest BCUT2D eigenvalue weighted by atomic mass is 19.2. The van der Waals surface area contributed by atoms with Crippen molar-refractivity contribution in [2.75, 3.05) is 25.5 Å². The van der Waals surface area contributed by atoms with Crippen LogP contribution in [0.3, 0.4) is 0 Å². The van der Waals surface area contributed by atoms with E-state index in [2.05, 4.69) is 5.32 Å². The Bertz CT molecular complexity index is 487. The van der Waals surface area contributed by atoms with Gasteiger partial charge in [-0.1, -0.05) is 19.3 Å². The normalized spacial score (nSPS) is 16.2. The Hall–Kier alpha value is -1.49. The molecule has 1 saturated carbocycles. The van der Waals surface area contributed by atoms with Crippen molar-refractivity contribution in [1.29, 1.82) is 0 Å². The van der Waals surface area contributed by atoms with Gasteiger partial charge in [-0.3, -0.25) is 9.69 Å². The molecule has 5 heteroatoms. The van der Waals surface area contributed by atoms with E-state index in [-0.39, 0.29) is 18.1 Å². The van der Waals surface area contributed by atoms with Gasteiger partial charge < -0.3 is 5.32 Å². The smallest absolute Gasteiger partial charge is 0.238 e. The molecular weight excluding hydrogens is 274 g/mol. The van der Waals surface area contributed by atoms with Gasteiger partial charge in [-0.25, -0.2) is 8.78 Å². The van der Waals surface area contributed by atoms with E-state index in [1.54, 1.807) is 0 Å². The maximum atomic E-state index is 13.1. The molecule has 1 N–H and O–H groups in total. The van der Waals surface area contributed by atoms with Crippen molar-refractivity contribution in [1.82, 2.24) is 4.90 Å². The van der Waals surface area contributed by atoms with Crippen LogP contribution in [-0.4, -0.2) is 30.9 Å². The summed E-state index contributed by atoms with van der Waals surface area (Å²) in [6, 6.07) is 3.36. The van der Waals surface area contributed by atoms with E-state index in [4.69, 9.17) is 0 Å². The van der Waals surface area contributed by atoms with Gasteiger partial charge in [-0.05, 0) is 37.9 Å². The van der Waals surface area contributed by atoms with Gasteiger partial charge in [0.2, 0.25) is 5.91 Å². The van der Waals surface area contributed by atoms with Crippen LogP contribution >= 0.6 is 0 Å². The average molecular weight is 296 g/mol. The maximum absolute atomic E-state index is 13.1. The number of hydrogen-bond acceptors (Lipinski definition) is 2. The molecule has 116 valence electrons. The van der Waals surface area contributed by atoms with Crippen molar-refractivity contribution in [3.8, 4) is 0 Å². The summed E-state index contributed by atoms with van der Waals surface area (Å²) < 4.78 is 25.9. The number of rotatable bonds is 5. The number of amides is 1. The van der Waals surface area contributed by atoms with Gasteiger partial charge >= 0.3 is 0 Å². The quantitative estimate of drug-likeness (QED) is 0.903. The van der Waals surface area contributed by atoms with E-state index in [9.17, 15) is 13.6 Å². The van der Waals surface area contributed by atoms with Crippen molar-refractivity contribution in [2.45, 2.75) is 32.1 Å². The second-order valence-corrected chi connectivity index (χ2v) is 5.88. The van der Waals surface area contributed by atoms with Crippen LogP contribution in [-0.2, 0) is 4.79 Å². The van der Waals surface area contributed by atoms with E-state index in [1.165, 1.54) is 38.2 Å². The van der Waals surface area contributed by atoms with E-state index in [1.807, 2.05) is 11.9 Å². The lowest BCUT2D eigenvalue weighted by Gasteiger charge is -2.26. The molecule has 0 aliphatic heterocycles. The molecule has 0 spiro atoms. The van der Waals surface area contributed by atoms with Crippen molar-refractivity contribution < 1.29 is 13.6 Å². The first-order chi connectivity index (χ1) is 10.0. The van der Waals surface area contributed by atoms with Gasteiger partial charge in [-0.15, -0.1) is 0 Å². The molecule has 3 nitrogen and oxygen atoms in total. The second kappa shape index (κ2) is 7.50. The van der Waals surface area contributed by atoms with Crippen LogP contribution in [0.1, 0.15) is 32.1 Å². The van der Waals surface area contributed by atoms with Crippen molar-refractivity contribution in [3.63, 3.8) is 0 Å². The SMILES string of the molecule is CN(CC(=O)Nc1ccc(F)c(F)c1)CC1CCCCC1. The minimum absolute atomic E-state index is 0.209. The fraction of sp³-hybridized carbons (Fsp3) is 0.562. The van der Waals surface area contributed by atoms with Crippen LogP contribution in [0, 0.1) is 17.6 Å². The van der Waals surface area contributed by atoms with Gasteiger partial charge in [0.25, 0.3) is 0 Å². The lowest BCUT2D eigenvalue weighted by molar-refractivity contribution is -0.117. The van der Waals surface area contributed by atoms with E-state index < -0.39 is 11.6 Å². The molecule has 0 atom stereocenters. The highest BCUT2D eigenvalue weighted by molar-refractivity contribution is 5.92. The predicted molar refractivity (Wildman–Crippen MR) is 79.1 cm³/mol. The molecule has 0 aromatic heterocycles. The minimum atomic E-state index is -0.955. The van der Waals surface area contributed by atoms with Gasteiger partial charge in [0, 0.05) is 18.3 Å². The first-order valence-corrected chi connectivity index (χ1v) is 7.48. The molecule has 0 heterocycles. The zero-order valence-corrected chi connectivity index (χ0v) is 12.4. The monoisotopic (exact) mass is 296 g/mol. The van der Waals surface area contributed by atoms with Crippen molar-refractivity contribution in [2.24, 2.45) is 5.92 Å². The molecule has 1 aromatic carbocycles. The second-order valence-electron chi connectivity index (χ2n) is 5.88. The summed E-state index contributed by atoms with van der Waals surface area (Å²) in [5.74, 6) is -1.41. The molecular formula is C16H22F2N2O. The molecule has 0 bridgehead atoms. The Kier molecular flexibility index (Phi) is 5.67. The van der Waals surface area contributed by atoms with E-state index >= 15 is 0 Å². The average Bonchev–Trinajstić information content (AvgIpc) is 2.43. The van der Waals surface area contributed by atoms with Crippen molar-refractivity contribution >= 4 is 11.6 Å². The first-order valence-electron chi connectivity index (χ1n) is 7.48. The summed E-state index contributed by atoms with van der Waals surface area (Å²) in [5.41, 5.74) is 0.282.